The van der Waals surface area contributed by atoms with Crippen molar-refractivity contribution in [2.75, 3.05) is 19.8 Å². The van der Waals surface area contributed by atoms with Gasteiger partial charge in [0, 0.05) is 11.1 Å². The first-order chi connectivity index (χ1) is 13.0. The second kappa shape index (κ2) is 9.61. The van der Waals surface area contributed by atoms with E-state index < -0.39 is 23.5 Å². The summed E-state index contributed by atoms with van der Waals surface area (Å²) >= 11 is 0. The lowest BCUT2D eigenvalue weighted by atomic mass is 10.1. The van der Waals surface area contributed by atoms with Crippen molar-refractivity contribution in [3.8, 4) is 0 Å². The van der Waals surface area contributed by atoms with Crippen LogP contribution >= 0.6 is 0 Å². The summed E-state index contributed by atoms with van der Waals surface area (Å²) in [7, 11) is 0. The van der Waals surface area contributed by atoms with E-state index in [0.717, 1.165) is 0 Å². The minimum absolute atomic E-state index is 0.0535. The Labute approximate surface area is 156 Å². The molecular formula is C20H20O7. The van der Waals surface area contributed by atoms with E-state index in [9.17, 15) is 19.5 Å². The molecule has 0 amide bonds. The summed E-state index contributed by atoms with van der Waals surface area (Å²) in [6, 6.07) is 15.9. The van der Waals surface area contributed by atoms with E-state index >= 15 is 0 Å². The van der Waals surface area contributed by atoms with E-state index in [1.54, 1.807) is 43.3 Å². The molecule has 7 heteroatoms. The van der Waals surface area contributed by atoms with Crippen LogP contribution in [0.15, 0.2) is 60.7 Å². The first kappa shape index (κ1) is 20.3. The Kier molecular flexibility index (Phi) is 7.22. The van der Waals surface area contributed by atoms with E-state index in [0.29, 0.717) is 0 Å². The molecule has 27 heavy (non-hydrogen) atoms. The van der Waals surface area contributed by atoms with Crippen molar-refractivity contribution in [1.29, 1.82) is 0 Å². The molecule has 0 saturated carbocycles. The van der Waals surface area contributed by atoms with Crippen molar-refractivity contribution >= 4 is 17.7 Å². The predicted molar refractivity (Wildman–Crippen MR) is 94.7 cm³/mol. The third kappa shape index (κ3) is 5.22. The van der Waals surface area contributed by atoms with Crippen molar-refractivity contribution in [3.05, 3.63) is 71.8 Å². The third-order valence-electron chi connectivity index (χ3n) is 3.57. The number of ketones is 1. The number of rotatable bonds is 9. The molecule has 1 N–H and O–H groups in total. The lowest BCUT2D eigenvalue weighted by Crippen LogP contribution is -2.41. The number of ether oxygens (including phenoxy) is 3. The maximum atomic E-state index is 12.1. The molecule has 7 nitrogen and oxygen atoms in total. The molecule has 0 fully saturated rings. The largest absolute Gasteiger partial charge is 0.462 e. The molecule has 0 spiro atoms. The number of hydrogen-bond donors (Lipinski definition) is 1. The SMILES string of the molecule is CCOC(=O)C(O)(OCCOC(=O)C(=O)c1ccccc1)c1ccccc1. The van der Waals surface area contributed by atoms with Gasteiger partial charge in [-0.05, 0) is 6.92 Å². The zero-order chi connectivity index (χ0) is 19.7. The quantitative estimate of drug-likeness (QED) is 0.236. The van der Waals surface area contributed by atoms with Gasteiger partial charge in [-0.15, -0.1) is 0 Å². The minimum Gasteiger partial charge on any atom is -0.462 e. The van der Waals surface area contributed by atoms with Crippen LogP contribution in [-0.2, 0) is 29.6 Å². The van der Waals surface area contributed by atoms with Gasteiger partial charge in [0.25, 0.3) is 11.6 Å². The number of aliphatic hydroxyl groups is 1. The Hall–Kier alpha value is -3.03. The van der Waals surface area contributed by atoms with Crippen molar-refractivity contribution in [2.24, 2.45) is 0 Å². The molecule has 0 aromatic heterocycles. The highest BCUT2D eigenvalue weighted by atomic mass is 16.7. The Bertz CT molecular complexity index is 773. The fraction of sp³-hybridized carbons (Fsp3) is 0.250. The maximum Gasteiger partial charge on any atom is 0.379 e. The van der Waals surface area contributed by atoms with Crippen LogP contribution in [0.3, 0.4) is 0 Å². The van der Waals surface area contributed by atoms with Gasteiger partial charge in [-0.2, -0.15) is 0 Å². The molecule has 0 bridgehead atoms. The molecule has 142 valence electrons. The third-order valence-corrected chi connectivity index (χ3v) is 3.57. The number of hydrogen-bond acceptors (Lipinski definition) is 7. The lowest BCUT2D eigenvalue weighted by Gasteiger charge is -2.26. The lowest BCUT2D eigenvalue weighted by molar-refractivity contribution is -0.236. The monoisotopic (exact) mass is 372 g/mol. The number of carbonyl (C=O) groups excluding carboxylic acids is 3. The van der Waals surface area contributed by atoms with Gasteiger partial charge in [0.05, 0.1) is 13.2 Å². The first-order valence-electron chi connectivity index (χ1n) is 8.34. The molecular weight excluding hydrogens is 352 g/mol. The molecule has 0 radical (unpaired) electrons. The average Bonchev–Trinajstić information content (AvgIpc) is 2.71. The number of carbonyl (C=O) groups is 3. The highest BCUT2D eigenvalue weighted by molar-refractivity contribution is 6.40. The maximum absolute atomic E-state index is 12.1. The van der Waals surface area contributed by atoms with Gasteiger partial charge in [0.2, 0.25) is 0 Å². The summed E-state index contributed by atoms with van der Waals surface area (Å²) < 4.78 is 15.0. The summed E-state index contributed by atoms with van der Waals surface area (Å²) in [6.45, 7) is 1.00. The molecule has 0 aliphatic carbocycles. The van der Waals surface area contributed by atoms with Gasteiger partial charge in [0.15, 0.2) is 0 Å². The molecule has 2 aromatic carbocycles. The van der Waals surface area contributed by atoms with Crippen LogP contribution in [0.1, 0.15) is 22.8 Å². The van der Waals surface area contributed by atoms with Crippen molar-refractivity contribution in [2.45, 2.75) is 12.7 Å². The Balaban J connectivity index is 1.95. The first-order valence-corrected chi connectivity index (χ1v) is 8.34. The van der Waals surface area contributed by atoms with E-state index in [1.165, 1.54) is 24.3 Å². The number of benzene rings is 2. The molecule has 1 unspecified atom stereocenters. The van der Waals surface area contributed by atoms with E-state index in [-0.39, 0.29) is 30.9 Å². The van der Waals surface area contributed by atoms with E-state index in [2.05, 4.69) is 0 Å². The summed E-state index contributed by atoms with van der Waals surface area (Å²) in [5.74, 6) is -5.17. The number of Topliss-reactive ketones (excluding diaryl/α,β-unsaturated/α-hetero) is 1. The van der Waals surface area contributed by atoms with E-state index in [4.69, 9.17) is 14.2 Å². The van der Waals surface area contributed by atoms with Gasteiger partial charge in [-0.25, -0.2) is 9.59 Å². The summed E-state index contributed by atoms with van der Waals surface area (Å²) in [5, 5.41) is 10.6. The normalized spacial score (nSPS) is 12.7. The van der Waals surface area contributed by atoms with Crippen molar-refractivity contribution < 1.29 is 33.7 Å². The fourth-order valence-corrected chi connectivity index (χ4v) is 2.25. The van der Waals surface area contributed by atoms with Crippen LogP contribution in [0.25, 0.3) is 0 Å². The molecule has 0 aliphatic rings. The van der Waals surface area contributed by atoms with Gasteiger partial charge in [-0.3, -0.25) is 4.79 Å². The molecule has 0 saturated heterocycles. The topological polar surface area (TPSA) is 99.1 Å². The van der Waals surface area contributed by atoms with Crippen LogP contribution < -0.4 is 0 Å². The molecule has 2 rings (SSSR count). The molecule has 2 aromatic rings. The highest BCUT2D eigenvalue weighted by Gasteiger charge is 2.41. The van der Waals surface area contributed by atoms with Gasteiger partial charge < -0.3 is 19.3 Å². The predicted octanol–water partition coefficient (Wildman–Crippen LogP) is 1.84. The second-order valence-corrected chi connectivity index (χ2v) is 5.41. The summed E-state index contributed by atoms with van der Waals surface area (Å²) in [6.07, 6.45) is 0. The molecule has 1 atom stereocenters. The second-order valence-electron chi connectivity index (χ2n) is 5.41. The summed E-state index contributed by atoms with van der Waals surface area (Å²) in [4.78, 5) is 35.8. The average molecular weight is 372 g/mol. The number of esters is 2. The van der Waals surface area contributed by atoms with E-state index in [1.807, 2.05) is 0 Å². The smallest absolute Gasteiger partial charge is 0.379 e. The van der Waals surface area contributed by atoms with Crippen LogP contribution in [-0.4, -0.2) is 42.6 Å². The van der Waals surface area contributed by atoms with Crippen LogP contribution in [0, 0.1) is 0 Å². The van der Waals surface area contributed by atoms with Gasteiger partial charge in [0.1, 0.15) is 6.61 Å². The Morgan fingerprint density at radius 3 is 2.07 bits per heavy atom. The van der Waals surface area contributed by atoms with Gasteiger partial charge in [-0.1, -0.05) is 60.7 Å². The molecule has 0 heterocycles. The highest BCUT2D eigenvalue weighted by Crippen LogP contribution is 2.24. The standard InChI is InChI=1S/C20H20O7/c1-2-25-19(23)20(24,16-11-7-4-8-12-16)27-14-13-26-18(22)17(21)15-9-5-3-6-10-15/h3-12,24H,2,13-14H2,1H3. The zero-order valence-electron chi connectivity index (χ0n) is 14.8. The van der Waals surface area contributed by atoms with Crippen LogP contribution in [0.5, 0.6) is 0 Å². The van der Waals surface area contributed by atoms with Crippen molar-refractivity contribution in [3.63, 3.8) is 0 Å². The Morgan fingerprint density at radius 2 is 1.48 bits per heavy atom. The minimum atomic E-state index is -2.34. The Morgan fingerprint density at radius 1 is 0.889 bits per heavy atom. The molecule has 0 aliphatic heterocycles. The van der Waals surface area contributed by atoms with Gasteiger partial charge >= 0.3 is 11.9 Å². The van der Waals surface area contributed by atoms with Crippen LogP contribution in [0.4, 0.5) is 0 Å². The summed E-state index contributed by atoms with van der Waals surface area (Å²) in [5.41, 5.74) is 0.380. The zero-order valence-corrected chi connectivity index (χ0v) is 14.8. The van der Waals surface area contributed by atoms with Crippen LogP contribution in [0.2, 0.25) is 0 Å². The van der Waals surface area contributed by atoms with Crippen molar-refractivity contribution in [1.82, 2.24) is 0 Å². The fourth-order valence-electron chi connectivity index (χ4n) is 2.25.